The van der Waals surface area contributed by atoms with Gasteiger partial charge in [0.2, 0.25) is 0 Å². The Balaban J connectivity index is 1.59. The lowest BCUT2D eigenvalue weighted by Gasteiger charge is -2.23. The molecule has 0 bridgehead atoms. The number of amides is 3. The van der Waals surface area contributed by atoms with Crippen molar-refractivity contribution in [1.82, 2.24) is 10.2 Å². The highest BCUT2D eigenvalue weighted by atomic mass is 35.5. The number of ether oxygens (including phenoxy) is 2. The van der Waals surface area contributed by atoms with Crippen LogP contribution in [0.5, 0.6) is 11.5 Å². The second-order valence-corrected chi connectivity index (χ2v) is 9.11. The lowest BCUT2D eigenvalue weighted by molar-refractivity contribution is -0.130. The van der Waals surface area contributed by atoms with Crippen LogP contribution in [-0.4, -0.2) is 42.4 Å². The van der Waals surface area contributed by atoms with Gasteiger partial charge in [0.1, 0.15) is 9.88 Å². The molecule has 1 unspecified atom stereocenters. The van der Waals surface area contributed by atoms with Gasteiger partial charge in [0.25, 0.3) is 5.91 Å². The third-order valence-electron chi connectivity index (χ3n) is 4.86. The van der Waals surface area contributed by atoms with Crippen LogP contribution >= 0.6 is 34.5 Å². The fourth-order valence-corrected chi connectivity index (χ4v) is 4.77. The van der Waals surface area contributed by atoms with E-state index in [1.165, 1.54) is 6.07 Å². The van der Waals surface area contributed by atoms with E-state index >= 15 is 0 Å². The number of carbonyl (C=O) groups is 3. The number of urea groups is 1. The molecule has 0 aliphatic carbocycles. The Hall–Kier alpha value is -2.29. The van der Waals surface area contributed by atoms with E-state index in [-0.39, 0.29) is 9.90 Å². The average molecular weight is 455 g/mol. The van der Waals surface area contributed by atoms with Gasteiger partial charge in [0.05, 0.1) is 29.7 Å². The molecule has 2 aromatic rings. The summed E-state index contributed by atoms with van der Waals surface area (Å²) < 4.78 is 11.9. The Morgan fingerprint density at radius 2 is 1.93 bits per heavy atom. The molecule has 7 nitrogen and oxygen atoms in total. The monoisotopic (exact) mass is 454 g/mol. The maximum atomic E-state index is 13.1. The number of hydrogen-bond donors (Lipinski definition) is 1. The maximum absolute atomic E-state index is 13.1. The molecule has 1 aromatic heterocycles. The number of imide groups is 1. The fraction of sp³-hybridized carbons (Fsp3) is 0.316. The van der Waals surface area contributed by atoms with Crippen LogP contribution in [-0.2, 0) is 10.3 Å². The summed E-state index contributed by atoms with van der Waals surface area (Å²) >= 11 is 12.9. The van der Waals surface area contributed by atoms with E-state index in [9.17, 15) is 14.4 Å². The van der Waals surface area contributed by atoms with Gasteiger partial charge >= 0.3 is 6.03 Å². The van der Waals surface area contributed by atoms with Crippen LogP contribution in [0.2, 0.25) is 8.67 Å². The zero-order chi connectivity index (χ0) is 20.8. The Morgan fingerprint density at radius 1 is 1.21 bits per heavy atom. The highest BCUT2D eigenvalue weighted by molar-refractivity contribution is 7.20. The number of nitrogens with one attached hydrogen (secondary N) is 1. The minimum Gasteiger partial charge on any atom is -0.490 e. The standard InChI is InChI=1S/C19H16Cl2N2O5S/c1-19(10-3-4-13-14(7-10)28-6-2-5-27-13)17(25)23(18(26)22-19)9-12(24)11-8-15(20)29-16(11)21/h3-4,7-8H,2,5-6,9H2,1H3,(H,22,26). The molecule has 2 aliphatic heterocycles. The quantitative estimate of drug-likeness (QED) is 0.559. The molecule has 1 atom stereocenters. The second kappa shape index (κ2) is 7.51. The average Bonchev–Trinajstić information content (AvgIpc) is 3.00. The van der Waals surface area contributed by atoms with Gasteiger partial charge in [-0.05, 0) is 30.7 Å². The van der Waals surface area contributed by atoms with Crippen molar-refractivity contribution in [2.45, 2.75) is 18.9 Å². The van der Waals surface area contributed by atoms with Crippen LogP contribution in [0, 0.1) is 0 Å². The molecular formula is C19H16Cl2N2O5S. The van der Waals surface area contributed by atoms with Crippen molar-refractivity contribution in [1.29, 1.82) is 0 Å². The summed E-state index contributed by atoms with van der Waals surface area (Å²) in [7, 11) is 0. The van der Waals surface area contributed by atoms with E-state index in [0.29, 0.717) is 34.6 Å². The third kappa shape index (κ3) is 3.56. The number of fused-ring (bicyclic) bond motifs is 1. The third-order valence-corrected chi connectivity index (χ3v) is 6.35. The molecule has 0 saturated carbocycles. The zero-order valence-corrected chi connectivity index (χ0v) is 17.6. The number of thiophene rings is 1. The van der Waals surface area contributed by atoms with E-state index in [1.54, 1.807) is 25.1 Å². The lowest BCUT2D eigenvalue weighted by atomic mass is 9.91. The number of rotatable bonds is 4. The van der Waals surface area contributed by atoms with E-state index in [1.807, 2.05) is 0 Å². The smallest absolute Gasteiger partial charge is 0.325 e. The van der Waals surface area contributed by atoms with Gasteiger partial charge in [-0.3, -0.25) is 14.5 Å². The molecule has 1 fully saturated rings. The lowest BCUT2D eigenvalue weighted by Crippen LogP contribution is -2.41. The molecule has 10 heteroatoms. The molecule has 0 spiro atoms. The van der Waals surface area contributed by atoms with Gasteiger partial charge in [-0.25, -0.2) is 4.79 Å². The largest absolute Gasteiger partial charge is 0.490 e. The van der Waals surface area contributed by atoms with E-state index in [2.05, 4.69) is 5.32 Å². The summed E-state index contributed by atoms with van der Waals surface area (Å²) in [5.41, 5.74) is -0.615. The molecule has 1 aromatic carbocycles. The Morgan fingerprint density at radius 3 is 2.62 bits per heavy atom. The van der Waals surface area contributed by atoms with E-state index < -0.39 is 29.8 Å². The van der Waals surface area contributed by atoms with Crippen molar-refractivity contribution in [2.24, 2.45) is 0 Å². The Kier molecular flexibility index (Phi) is 5.18. The number of ketones is 1. The molecule has 1 N–H and O–H groups in total. The Bertz CT molecular complexity index is 1020. The summed E-state index contributed by atoms with van der Waals surface area (Å²) in [5, 5.41) is 2.68. The van der Waals surface area contributed by atoms with Gasteiger partial charge in [-0.1, -0.05) is 29.3 Å². The van der Waals surface area contributed by atoms with E-state index in [0.717, 1.165) is 22.7 Å². The maximum Gasteiger partial charge on any atom is 0.325 e. The number of nitrogens with zero attached hydrogens (tertiary/aromatic N) is 1. The second-order valence-electron chi connectivity index (χ2n) is 6.82. The zero-order valence-electron chi connectivity index (χ0n) is 15.3. The number of halogens is 2. The van der Waals surface area contributed by atoms with Crippen molar-refractivity contribution in [3.8, 4) is 11.5 Å². The number of Topliss-reactive ketones (excluding diaryl/α,β-unsaturated/α-hetero) is 1. The number of hydrogen-bond acceptors (Lipinski definition) is 6. The van der Waals surface area contributed by atoms with Crippen LogP contribution in [0.3, 0.4) is 0 Å². The van der Waals surface area contributed by atoms with Gasteiger partial charge in [0.15, 0.2) is 17.3 Å². The van der Waals surface area contributed by atoms with Gasteiger partial charge in [-0.2, -0.15) is 0 Å². The summed E-state index contributed by atoms with van der Waals surface area (Å²) in [6, 6.07) is 5.86. The van der Waals surface area contributed by atoms with Crippen LogP contribution in [0.25, 0.3) is 0 Å². The minimum absolute atomic E-state index is 0.187. The molecule has 3 heterocycles. The molecular weight excluding hydrogens is 439 g/mol. The van der Waals surface area contributed by atoms with Gasteiger partial charge < -0.3 is 14.8 Å². The van der Waals surface area contributed by atoms with Gasteiger partial charge in [0, 0.05) is 6.42 Å². The molecule has 3 amide bonds. The minimum atomic E-state index is -1.34. The summed E-state index contributed by atoms with van der Waals surface area (Å²) in [4.78, 5) is 39.0. The number of benzene rings is 1. The van der Waals surface area contributed by atoms with Gasteiger partial charge in [-0.15, -0.1) is 11.3 Å². The van der Waals surface area contributed by atoms with Crippen LogP contribution in [0.1, 0.15) is 29.3 Å². The van der Waals surface area contributed by atoms with Crippen molar-refractivity contribution < 1.29 is 23.9 Å². The SMILES string of the molecule is CC1(c2ccc3c(c2)OCCCO3)NC(=O)N(CC(=O)c2cc(Cl)sc2Cl)C1=O. The molecule has 0 radical (unpaired) electrons. The van der Waals surface area contributed by atoms with Crippen molar-refractivity contribution in [3.05, 3.63) is 44.1 Å². The first-order chi connectivity index (χ1) is 13.8. The highest BCUT2D eigenvalue weighted by Gasteiger charge is 2.50. The molecule has 29 heavy (non-hydrogen) atoms. The molecule has 4 rings (SSSR count). The molecule has 152 valence electrons. The number of carbonyl (C=O) groups excluding carboxylic acids is 3. The van der Waals surface area contributed by atoms with Crippen molar-refractivity contribution >= 4 is 52.3 Å². The normalized spacial score (nSPS) is 21.1. The summed E-state index contributed by atoms with van der Waals surface area (Å²) in [5.74, 6) is 0.0903. The first-order valence-corrected chi connectivity index (χ1v) is 10.4. The van der Waals surface area contributed by atoms with Crippen molar-refractivity contribution in [2.75, 3.05) is 19.8 Å². The first-order valence-electron chi connectivity index (χ1n) is 8.82. The predicted octanol–water partition coefficient (Wildman–Crippen LogP) is 3.87. The summed E-state index contributed by atoms with van der Waals surface area (Å²) in [6.45, 7) is 2.20. The van der Waals surface area contributed by atoms with Crippen LogP contribution < -0.4 is 14.8 Å². The highest BCUT2D eigenvalue weighted by Crippen LogP contribution is 2.37. The predicted molar refractivity (Wildman–Crippen MR) is 108 cm³/mol. The molecule has 2 aliphatic rings. The molecule has 1 saturated heterocycles. The fourth-order valence-electron chi connectivity index (χ4n) is 3.27. The van der Waals surface area contributed by atoms with Crippen molar-refractivity contribution in [3.63, 3.8) is 0 Å². The van der Waals surface area contributed by atoms with E-state index in [4.69, 9.17) is 32.7 Å². The first kappa shape index (κ1) is 20.0. The van der Waals surface area contributed by atoms with Crippen LogP contribution in [0.15, 0.2) is 24.3 Å². The topological polar surface area (TPSA) is 84.9 Å². The summed E-state index contributed by atoms with van der Waals surface area (Å²) in [6.07, 6.45) is 0.752. The van der Waals surface area contributed by atoms with Crippen LogP contribution in [0.4, 0.5) is 4.79 Å². The Labute approximate surface area is 180 Å².